The lowest BCUT2D eigenvalue weighted by Crippen LogP contribution is -2.37. The monoisotopic (exact) mass is 339 g/mol. The van der Waals surface area contributed by atoms with Crippen molar-refractivity contribution in [1.82, 2.24) is 25.4 Å². The van der Waals surface area contributed by atoms with Crippen LogP contribution in [0, 0.1) is 0 Å². The van der Waals surface area contributed by atoms with Gasteiger partial charge in [-0.25, -0.2) is 9.78 Å². The molecule has 1 aliphatic rings. The molecule has 0 radical (unpaired) electrons. The molecule has 1 aliphatic carbocycles. The highest BCUT2D eigenvalue weighted by Gasteiger charge is 2.40. The zero-order valence-corrected chi connectivity index (χ0v) is 13.4. The minimum absolute atomic E-state index is 0.0791. The van der Waals surface area contributed by atoms with E-state index in [1.54, 1.807) is 17.8 Å². The number of carbonyl (C=O) groups is 1. The third-order valence-electron chi connectivity index (χ3n) is 3.70. The molecule has 2 atom stereocenters. The van der Waals surface area contributed by atoms with Crippen molar-refractivity contribution in [3.63, 3.8) is 0 Å². The molecule has 6 nitrogen and oxygen atoms in total. The Morgan fingerprint density at radius 1 is 1.45 bits per heavy atom. The number of amides is 2. The van der Waals surface area contributed by atoms with Gasteiger partial charge in [0.05, 0.1) is 16.6 Å². The van der Waals surface area contributed by atoms with Gasteiger partial charge in [-0.1, -0.05) is 35.3 Å². The van der Waals surface area contributed by atoms with E-state index in [1.807, 2.05) is 12.1 Å². The van der Waals surface area contributed by atoms with Gasteiger partial charge in [0, 0.05) is 19.0 Å². The van der Waals surface area contributed by atoms with Crippen LogP contribution in [0.1, 0.15) is 23.7 Å². The molecule has 2 aromatic rings. The molecule has 0 saturated heterocycles. The van der Waals surface area contributed by atoms with E-state index in [0.29, 0.717) is 22.4 Å². The van der Waals surface area contributed by atoms with Crippen molar-refractivity contribution in [2.24, 2.45) is 7.05 Å². The molecule has 1 saturated carbocycles. The predicted molar refractivity (Wildman–Crippen MR) is 84.0 cm³/mol. The summed E-state index contributed by atoms with van der Waals surface area (Å²) < 4.78 is 1.62. The molecule has 1 heterocycles. The number of hydrogen-bond donors (Lipinski definition) is 2. The molecule has 0 bridgehead atoms. The van der Waals surface area contributed by atoms with Gasteiger partial charge in [-0.2, -0.15) is 5.10 Å². The highest BCUT2D eigenvalue weighted by atomic mass is 35.5. The van der Waals surface area contributed by atoms with Crippen LogP contribution in [0.2, 0.25) is 10.0 Å². The van der Waals surface area contributed by atoms with E-state index in [1.165, 1.54) is 6.33 Å². The van der Waals surface area contributed by atoms with Gasteiger partial charge in [-0.3, -0.25) is 4.68 Å². The largest absolute Gasteiger partial charge is 0.335 e. The minimum Gasteiger partial charge on any atom is -0.335 e. The molecule has 2 N–H and O–H groups in total. The second-order valence-electron chi connectivity index (χ2n) is 5.22. The van der Waals surface area contributed by atoms with Crippen LogP contribution in [0.25, 0.3) is 0 Å². The lowest BCUT2D eigenvalue weighted by atomic mass is 10.1. The van der Waals surface area contributed by atoms with Gasteiger partial charge < -0.3 is 10.6 Å². The minimum atomic E-state index is -0.228. The molecule has 116 valence electrons. The number of aromatic nitrogens is 3. The summed E-state index contributed by atoms with van der Waals surface area (Å²) in [5.41, 5.74) is 0.979. The molecule has 22 heavy (non-hydrogen) atoms. The summed E-state index contributed by atoms with van der Waals surface area (Å²) in [6, 6.07) is 5.42. The maximum atomic E-state index is 11.9. The van der Waals surface area contributed by atoms with Gasteiger partial charge in [0.1, 0.15) is 12.2 Å². The molecule has 1 aromatic carbocycles. The van der Waals surface area contributed by atoms with Crippen molar-refractivity contribution >= 4 is 29.2 Å². The van der Waals surface area contributed by atoms with Crippen LogP contribution < -0.4 is 10.6 Å². The van der Waals surface area contributed by atoms with Gasteiger partial charge in [-0.15, -0.1) is 0 Å². The summed E-state index contributed by atoms with van der Waals surface area (Å²) >= 11 is 12.2. The highest BCUT2D eigenvalue weighted by Crippen LogP contribution is 2.45. The Bertz CT molecular complexity index is 702. The number of nitrogens with one attached hydrogen (secondary N) is 2. The van der Waals surface area contributed by atoms with Crippen molar-refractivity contribution in [3.8, 4) is 0 Å². The van der Waals surface area contributed by atoms with Crippen LogP contribution in [0.15, 0.2) is 24.5 Å². The molecule has 3 rings (SSSR count). The summed E-state index contributed by atoms with van der Waals surface area (Å²) in [6.07, 6.45) is 2.31. The van der Waals surface area contributed by atoms with Gasteiger partial charge >= 0.3 is 6.03 Å². The van der Waals surface area contributed by atoms with Crippen LogP contribution in [-0.2, 0) is 13.6 Å². The summed E-state index contributed by atoms with van der Waals surface area (Å²) in [6.45, 7) is 0.331. The number of halogens is 2. The lowest BCUT2D eigenvalue weighted by molar-refractivity contribution is 0.239. The summed E-state index contributed by atoms with van der Waals surface area (Å²) in [7, 11) is 1.78. The van der Waals surface area contributed by atoms with E-state index in [0.717, 1.165) is 12.0 Å². The maximum absolute atomic E-state index is 11.9. The molecule has 0 unspecified atom stereocenters. The normalized spacial score (nSPS) is 19.8. The fourth-order valence-corrected chi connectivity index (χ4v) is 2.81. The molecule has 0 aliphatic heterocycles. The third kappa shape index (κ3) is 3.18. The Morgan fingerprint density at radius 2 is 2.27 bits per heavy atom. The van der Waals surface area contributed by atoms with Crippen LogP contribution in [0.3, 0.4) is 0 Å². The van der Waals surface area contributed by atoms with Crippen molar-refractivity contribution in [2.75, 3.05) is 0 Å². The second-order valence-corrected chi connectivity index (χ2v) is 6.00. The van der Waals surface area contributed by atoms with E-state index in [-0.39, 0.29) is 18.0 Å². The number of aryl methyl sites for hydroxylation is 1. The standard InChI is InChI=1S/C14H15Cl2N5O/c1-21-12(18-7-19-21)6-17-14(22)20-11-5-9(11)8-3-2-4-10(15)13(8)16/h2-4,7,9,11H,5-6H2,1H3,(H2,17,20,22)/t9-,11-/m1/s1. The number of benzene rings is 1. The fourth-order valence-electron chi connectivity index (χ4n) is 2.36. The first kappa shape index (κ1) is 15.1. The van der Waals surface area contributed by atoms with Crippen molar-refractivity contribution in [2.45, 2.75) is 24.9 Å². The van der Waals surface area contributed by atoms with Crippen molar-refractivity contribution in [3.05, 3.63) is 46.0 Å². The molecular formula is C14H15Cl2N5O. The highest BCUT2D eigenvalue weighted by molar-refractivity contribution is 6.42. The first-order valence-electron chi connectivity index (χ1n) is 6.87. The Morgan fingerprint density at radius 3 is 3.00 bits per heavy atom. The number of nitrogens with zero attached hydrogens (tertiary/aromatic N) is 3. The SMILES string of the molecule is Cn1ncnc1CNC(=O)N[C@@H]1C[C@@H]1c1cccc(Cl)c1Cl. The van der Waals surface area contributed by atoms with Gasteiger partial charge in [0.2, 0.25) is 0 Å². The number of rotatable bonds is 4. The van der Waals surface area contributed by atoms with Gasteiger partial charge in [0.15, 0.2) is 0 Å². The van der Waals surface area contributed by atoms with E-state index in [2.05, 4.69) is 20.7 Å². The molecular weight excluding hydrogens is 325 g/mol. The van der Waals surface area contributed by atoms with Crippen LogP contribution in [0.4, 0.5) is 4.79 Å². The number of urea groups is 1. The van der Waals surface area contributed by atoms with Crippen LogP contribution in [-0.4, -0.2) is 26.8 Å². The average Bonchev–Trinajstić information content (AvgIpc) is 3.11. The quantitative estimate of drug-likeness (QED) is 0.898. The van der Waals surface area contributed by atoms with Crippen molar-refractivity contribution in [1.29, 1.82) is 0 Å². The number of carbonyl (C=O) groups excluding carboxylic acids is 1. The smallest absolute Gasteiger partial charge is 0.315 e. The lowest BCUT2D eigenvalue weighted by Gasteiger charge is -2.08. The molecule has 8 heteroatoms. The molecule has 1 fully saturated rings. The van der Waals surface area contributed by atoms with Gasteiger partial charge in [-0.05, 0) is 18.1 Å². The summed E-state index contributed by atoms with van der Waals surface area (Å²) in [5.74, 6) is 0.909. The molecule has 1 aromatic heterocycles. The average molecular weight is 340 g/mol. The van der Waals surface area contributed by atoms with Gasteiger partial charge in [0.25, 0.3) is 0 Å². The summed E-state index contributed by atoms with van der Waals surface area (Å²) in [4.78, 5) is 15.9. The Hall–Kier alpha value is -1.79. The second kappa shape index (κ2) is 6.14. The van der Waals surface area contributed by atoms with E-state index in [9.17, 15) is 4.79 Å². The summed E-state index contributed by atoms with van der Waals surface area (Å²) in [5, 5.41) is 10.7. The zero-order valence-electron chi connectivity index (χ0n) is 11.9. The Kier molecular flexibility index (Phi) is 4.22. The first-order chi connectivity index (χ1) is 10.6. The van der Waals surface area contributed by atoms with Crippen molar-refractivity contribution < 1.29 is 4.79 Å². The Balaban J connectivity index is 1.52. The first-order valence-corrected chi connectivity index (χ1v) is 7.63. The molecule has 0 spiro atoms. The van der Waals surface area contributed by atoms with Crippen LogP contribution >= 0.6 is 23.2 Å². The predicted octanol–water partition coefficient (Wildman–Crippen LogP) is 2.48. The fraction of sp³-hybridized carbons (Fsp3) is 0.357. The van der Waals surface area contributed by atoms with E-state index in [4.69, 9.17) is 23.2 Å². The topological polar surface area (TPSA) is 71.8 Å². The van der Waals surface area contributed by atoms with E-state index < -0.39 is 0 Å². The third-order valence-corrected chi connectivity index (χ3v) is 4.53. The van der Waals surface area contributed by atoms with E-state index >= 15 is 0 Å². The molecule has 2 amide bonds. The van der Waals surface area contributed by atoms with Crippen LogP contribution in [0.5, 0.6) is 0 Å². The Labute approximate surface area is 137 Å². The maximum Gasteiger partial charge on any atom is 0.315 e. The number of hydrogen-bond acceptors (Lipinski definition) is 3. The zero-order chi connectivity index (χ0) is 15.7.